The second kappa shape index (κ2) is 4.24. The van der Waals surface area contributed by atoms with E-state index in [1.165, 1.54) is 0 Å². The van der Waals surface area contributed by atoms with Crippen LogP contribution in [0.5, 0.6) is 0 Å². The zero-order valence-electron chi connectivity index (χ0n) is 8.51. The predicted octanol–water partition coefficient (Wildman–Crippen LogP) is 1.24. The summed E-state index contributed by atoms with van der Waals surface area (Å²) in [6, 6.07) is -0.283. The van der Waals surface area contributed by atoms with Gasteiger partial charge in [0.2, 0.25) is 5.91 Å². The number of hydrogen-bond donors (Lipinski definition) is 1. The second-order valence-corrected chi connectivity index (χ2v) is 3.93. The third-order valence-corrected chi connectivity index (χ3v) is 1.31. The summed E-state index contributed by atoms with van der Waals surface area (Å²) in [4.78, 5) is 15.1. The number of carbonyl (C=O) groups excluding carboxylic acids is 1. The Bertz CT molecular complexity index is 179. The van der Waals surface area contributed by atoms with Crippen molar-refractivity contribution in [3.8, 4) is 0 Å². The van der Waals surface area contributed by atoms with Crippen LogP contribution in [-0.4, -0.2) is 25.2 Å². The highest BCUT2D eigenvalue weighted by Crippen LogP contribution is 2.08. The number of amides is 1. The van der Waals surface area contributed by atoms with Gasteiger partial charge in [0.25, 0.3) is 0 Å². The summed E-state index contributed by atoms with van der Waals surface area (Å²) in [5, 5.41) is 2.55. The second-order valence-electron chi connectivity index (χ2n) is 3.93. The minimum absolute atomic E-state index is 0.0439. The molecule has 0 radical (unpaired) electrons. The molecule has 0 heterocycles. The summed E-state index contributed by atoms with van der Waals surface area (Å²) in [5.74, 6) is -0.0458. The summed E-state index contributed by atoms with van der Waals surface area (Å²) in [5.41, 5.74) is 0.0439. The zero-order valence-corrected chi connectivity index (χ0v) is 8.51. The van der Waals surface area contributed by atoms with Crippen molar-refractivity contribution in [3.63, 3.8) is 0 Å². The SMILES string of the molecule is CNC(=O)[C@H](C)N=CC(C)(C)C. The molecule has 1 atom stereocenters. The predicted molar refractivity (Wildman–Crippen MR) is 51.5 cm³/mol. The molecule has 0 aromatic rings. The van der Waals surface area contributed by atoms with Crippen LogP contribution in [0.1, 0.15) is 27.7 Å². The van der Waals surface area contributed by atoms with E-state index >= 15 is 0 Å². The van der Waals surface area contributed by atoms with Crippen LogP contribution >= 0.6 is 0 Å². The minimum Gasteiger partial charge on any atom is -0.357 e. The first-order chi connectivity index (χ1) is 5.37. The Morgan fingerprint density at radius 1 is 1.50 bits per heavy atom. The van der Waals surface area contributed by atoms with E-state index in [2.05, 4.69) is 10.3 Å². The molecule has 0 saturated heterocycles. The van der Waals surface area contributed by atoms with Crippen molar-refractivity contribution in [2.45, 2.75) is 33.7 Å². The maximum Gasteiger partial charge on any atom is 0.244 e. The highest BCUT2D eigenvalue weighted by molar-refractivity contribution is 5.83. The van der Waals surface area contributed by atoms with E-state index in [1.54, 1.807) is 14.0 Å². The molecule has 0 bridgehead atoms. The monoisotopic (exact) mass is 170 g/mol. The highest BCUT2D eigenvalue weighted by atomic mass is 16.2. The first kappa shape index (κ1) is 11.1. The van der Waals surface area contributed by atoms with Gasteiger partial charge in [0.1, 0.15) is 6.04 Å². The van der Waals surface area contributed by atoms with Crippen LogP contribution in [0.15, 0.2) is 4.99 Å². The molecule has 1 amide bonds. The Kier molecular flexibility index (Phi) is 3.93. The lowest BCUT2D eigenvalue weighted by atomic mass is 9.99. The maximum atomic E-state index is 11.0. The molecule has 0 aromatic carbocycles. The van der Waals surface area contributed by atoms with Crippen LogP contribution in [-0.2, 0) is 4.79 Å². The fourth-order valence-corrected chi connectivity index (χ4v) is 0.612. The van der Waals surface area contributed by atoms with Crippen molar-refractivity contribution in [1.29, 1.82) is 0 Å². The Hall–Kier alpha value is -0.860. The van der Waals surface area contributed by atoms with E-state index in [0.717, 1.165) is 0 Å². The summed E-state index contributed by atoms with van der Waals surface area (Å²) in [7, 11) is 1.62. The van der Waals surface area contributed by atoms with E-state index in [-0.39, 0.29) is 17.4 Å². The van der Waals surface area contributed by atoms with Crippen LogP contribution in [0.4, 0.5) is 0 Å². The van der Waals surface area contributed by atoms with Crippen molar-refractivity contribution in [2.24, 2.45) is 10.4 Å². The Labute approximate surface area is 74.3 Å². The van der Waals surface area contributed by atoms with E-state index < -0.39 is 0 Å². The summed E-state index contributed by atoms with van der Waals surface area (Å²) >= 11 is 0. The number of carbonyl (C=O) groups is 1. The maximum absolute atomic E-state index is 11.0. The van der Waals surface area contributed by atoms with Crippen LogP contribution in [0, 0.1) is 5.41 Å². The quantitative estimate of drug-likeness (QED) is 0.622. The lowest BCUT2D eigenvalue weighted by molar-refractivity contribution is -0.121. The first-order valence-electron chi connectivity index (χ1n) is 4.13. The molecular formula is C9H18N2O. The molecule has 12 heavy (non-hydrogen) atoms. The average molecular weight is 170 g/mol. The van der Waals surface area contributed by atoms with Gasteiger partial charge in [-0.2, -0.15) is 0 Å². The molecule has 0 unspecified atom stereocenters. The van der Waals surface area contributed by atoms with Crippen molar-refractivity contribution in [2.75, 3.05) is 7.05 Å². The van der Waals surface area contributed by atoms with Crippen molar-refractivity contribution >= 4 is 12.1 Å². The first-order valence-corrected chi connectivity index (χ1v) is 4.13. The van der Waals surface area contributed by atoms with E-state index in [1.807, 2.05) is 27.0 Å². The number of aliphatic imine (C=N–C) groups is 1. The molecule has 1 N–H and O–H groups in total. The molecule has 0 aliphatic carbocycles. The lowest BCUT2D eigenvalue weighted by Gasteiger charge is -2.12. The molecule has 0 spiro atoms. The standard InChI is InChI=1S/C9H18N2O/c1-7(8(12)10-5)11-6-9(2,3)4/h6-7H,1-5H3,(H,10,12)/t7-/m0/s1. The largest absolute Gasteiger partial charge is 0.357 e. The molecule has 3 heteroatoms. The van der Waals surface area contributed by atoms with Gasteiger partial charge in [-0.25, -0.2) is 0 Å². The molecule has 0 rings (SSSR count). The van der Waals surface area contributed by atoms with Crippen LogP contribution < -0.4 is 5.32 Å². The molecule has 0 aliphatic rings. The molecule has 0 aliphatic heterocycles. The topological polar surface area (TPSA) is 41.5 Å². The fourth-order valence-electron chi connectivity index (χ4n) is 0.612. The van der Waals surface area contributed by atoms with Gasteiger partial charge in [-0.1, -0.05) is 20.8 Å². The van der Waals surface area contributed by atoms with Crippen molar-refractivity contribution in [3.05, 3.63) is 0 Å². The third-order valence-electron chi connectivity index (χ3n) is 1.31. The highest BCUT2D eigenvalue weighted by Gasteiger charge is 2.10. The van der Waals surface area contributed by atoms with Gasteiger partial charge in [0.15, 0.2) is 0 Å². The number of rotatable bonds is 2. The van der Waals surface area contributed by atoms with Crippen molar-refractivity contribution < 1.29 is 4.79 Å². The fraction of sp³-hybridized carbons (Fsp3) is 0.778. The molecule has 3 nitrogen and oxygen atoms in total. The van der Waals surface area contributed by atoms with Gasteiger partial charge in [-0.15, -0.1) is 0 Å². The molecule has 0 fully saturated rings. The van der Waals surface area contributed by atoms with Gasteiger partial charge in [0, 0.05) is 13.3 Å². The molecule has 0 saturated carbocycles. The number of nitrogens with zero attached hydrogens (tertiary/aromatic N) is 1. The van der Waals surface area contributed by atoms with E-state index in [9.17, 15) is 4.79 Å². The Balaban J connectivity index is 4.09. The summed E-state index contributed by atoms with van der Waals surface area (Å²) in [6.07, 6.45) is 1.81. The molecular weight excluding hydrogens is 152 g/mol. The number of likely N-dealkylation sites (N-methyl/N-ethyl adjacent to an activating group) is 1. The Morgan fingerprint density at radius 3 is 2.33 bits per heavy atom. The normalized spacial score (nSPS) is 14.8. The van der Waals surface area contributed by atoms with E-state index in [4.69, 9.17) is 0 Å². The summed E-state index contributed by atoms with van der Waals surface area (Å²) in [6.45, 7) is 7.92. The zero-order chi connectivity index (χ0) is 9.78. The average Bonchev–Trinajstić information content (AvgIpc) is 1.97. The molecule has 70 valence electrons. The van der Waals surface area contributed by atoms with Gasteiger partial charge in [-0.3, -0.25) is 9.79 Å². The van der Waals surface area contributed by atoms with Gasteiger partial charge in [0.05, 0.1) is 0 Å². The van der Waals surface area contributed by atoms with Crippen molar-refractivity contribution in [1.82, 2.24) is 5.32 Å². The third kappa shape index (κ3) is 4.88. The number of nitrogens with one attached hydrogen (secondary N) is 1. The van der Waals surface area contributed by atoms with Crippen LogP contribution in [0.3, 0.4) is 0 Å². The van der Waals surface area contributed by atoms with Crippen LogP contribution in [0.2, 0.25) is 0 Å². The summed E-state index contributed by atoms with van der Waals surface area (Å²) < 4.78 is 0. The van der Waals surface area contributed by atoms with Gasteiger partial charge in [-0.05, 0) is 12.3 Å². The minimum atomic E-state index is -0.283. The number of hydrogen-bond acceptors (Lipinski definition) is 2. The lowest BCUT2D eigenvalue weighted by Crippen LogP contribution is -2.28. The van der Waals surface area contributed by atoms with Gasteiger partial charge < -0.3 is 5.32 Å². The Morgan fingerprint density at radius 2 is 2.00 bits per heavy atom. The van der Waals surface area contributed by atoms with Crippen LogP contribution in [0.25, 0.3) is 0 Å². The smallest absolute Gasteiger partial charge is 0.244 e. The van der Waals surface area contributed by atoms with E-state index in [0.29, 0.717) is 0 Å². The van der Waals surface area contributed by atoms with Gasteiger partial charge >= 0.3 is 0 Å². The molecule has 0 aromatic heterocycles.